The molecule has 0 saturated heterocycles. The van der Waals surface area contributed by atoms with E-state index in [1.54, 1.807) is 0 Å². The van der Waals surface area contributed by atoms with Crippen LogP contribution < -0.4 is 0 Å². The highest BCUT2D eigenvalue weighted by molar-refractivity contribution is 9.13. The van der Waals surface area contributed by atoms with Crippen molar-refractivity contribution in [3.05, 3.63) is 76.5 Å². The number of hydrogen-bond acceptors (Lipinski definition) is 8. The van der Waals surface area contributed by atoms with Crippen LogP contribution in [0.3, 0.4) is 0 Å². The van der Waals surface area contributed by atoms with Gasteiger partial charge in [0, 0.05) is 25.6 Å². The Hall–Kier alpha value is -1.53. The van der Waals surface area contributed by atoms with Gasteiger partial charge in [0.15, 0.2) is 5.60 Å². The van der Waals surface area contributed by atoms with Gasteiger partial charge in [-0.25, -0.2) is 4.79 Å². The van der Waals surface area contributed by atoms with Gasteiger partial charge in [-0.1, -0.05) is 12.1 Å². The van der Waals surface area contributed by atoms with Crippen LogP contribution >= 0.6 is 63.7 Å². The maximum absolute atomic E-state index is 13.3. The summed E-state index contributed by atoms with van der Waals surface area (Å²) in [5, 5.41) is 20.0. The van der Waals surface area contributed by atoms with E-state index in [4.69, 9.17) is 4.74 Å². The van der Waals surface area contributed by atoms with Gasteiger partial charge in [0.25, 0.3) is 20.2 Å². The number of carbonyl (C=O) groups excluding carboxylic acids is 1. The predicted octanol–water partition coefficient (Wildman–Crippen LogP) is 5.10. The number of aromatic hydroxyl groups is 2. The van der Waals surface area contributed by atoms with Crippen LogP contribution in [0.25, 0.3) is 0 Å². The number of phenolic OH excluding ortho intramolecular Hbond substituents is 2. The summed E-state index contributed by atoms with van der Waals surface area (Å²) in [5.74, 6) is -1.69. The van der Waals surface area contributed by atoms with Gasteiger partial charge in [-0.05, 0) is 88.0 Å². The number of hydrogen-bond donors (Lipinski definition) is 4. The summed E-state index contributed by atoms with van der Waals surface area (Å²) in [7, 11) is -10.8. The van der Waals surface area contributed by atoms with E-state index in [2.05, 4.69) is 63.7 Å². The van der Waals surface area contributed by atoms with Crippen molar-refractivity contribution in [1.29, 1.82) is 0 Å². The molecule has 36 heavy (non-hydrogen) atoms. The molecule has 0 radical (unpaired) electrons. The van der Waals surface area contributed by atoms with E-state index in [-0.39, 0.29) is 41.6 Å². The number of carbonyl (C=O) groups is 1. The second-order valence-corrected chi connectivity index (χ2v) is 13.3. The number of ether oxygens (including phenoxy) is 1. The minimum absolute atomic E-state index is 0.137. The van der Waals surface area contributed by atoms with Gasteiger partial charge in [-0.15, -0.1) is 0 Å². The molecule has 190 valence electrons. The lowest BCUT2D eigenvalue weighted by molar-refractivity contribution is 0.0246. The first-order valence-corrected chi connectivity index (χ1v) is 15.3. The van der Waals surface area contributed by atoms with Crippen LogP contribution in [0.5, 0.6) is 11.5 Å². The SMILES string of the molecule is O=C1OC(c2ccc(O)cc2)(c2ccc(O)c(Br)c2Br)c2c(Br)c(Br)c(S(=O)(=O)O)c(S(=O)(=O)O)c21. The number of benzene rings is 3. The minimum Gasteiger partial charge on any atom is -0.508 e. The zero-order valence-corrected chi connectivity index (χ0v) is 25.0. The van der Waals surface area contributed by atoms with Crippen LogP contribution in [0.2, 0.25) is 0 Å². The van der Waals surface area contributed by atoms with Crippen molar-refractivity contribution in [1.82, 2.24) is 0 Å². The lowest BCUT2D eigenvalue weighted by Gasteiger charge is -2.32. The Bertz CT molecular complexity index is 1690. The summed E-state index contributed by atoms with van der Waals surface area (Å²) in [6.07, 6.45) is 0. The predicted molar refractivity (Wildman–Crippen MR) is 138 cm³/mol. The molecule has 0 saturated carbocycles. The summed E-state index contributed by atoms with van der Waals surface area (Å²) >= 11 is 12.7. The summed E-state index contributed by atoms with van der Waals surface area (Å²) in [5.41, 5.74) is -2.82. The Morgan fingerprint density at radius 1 is 0.722 bits per heavy atom. The van der Waals surface area contributed by atoms with Gasteiger partial charge in [0.1, 0.15) is 21.3 Å². The topological polar surface area (TPSA) is 176 Å². The molecule has 1 unspecified atom stereocenters. The summed E-state index contributed by atoms with van der Waals surface area (Å²) in [6.45, 7) is 0. The van der Waals surface area contributed by atoms with Gasteiger partial charge in [0.2, 0.25) is 0 Å². The molecule has 0 fully saturated rings. The Morgan fingerprint density at radius 3 is 1.81 bits per heavy atom. The minimum atomic E-state index is -5.45. The molecule has 0 amide bonds. The average Bonchev–Trinajstić information content (AvgIpc) is 3.06. The van der Waals surface area contributed by atoms with Crippen LogP contribution in [-0.4, -0.2) is 42.1 Å². The van der Waals surface area contributed by atoms with E-state index < -0.39 is 51.6 Å². The quantitative estimate of drug-likeness (QED) is 0.206. The van der Waals surface area contributed by atoms with Crippen molar-refractivity contribution < 1.29 is 45.7 Å². The van der Waals surface area contributed by atoms with Gasteiger partial charge in [-0.3, -0.25) is 9.11 Å². The lowest BCUT2D eigenvalue weighted by atomic mass is 9.80. The number of phenols is 2. The molecule has 10 nitrogen and oxygen atoms in total. The molecule has 4 rings (SSSR count). The summed E-state index contributed by atoms with van der Waals surface area (Å²) < 4.78 is 74.3. The third-order valence-corrected chi connectivity index (χ3v) is 11.8. The maximum atomic E-state index is 13.3. The standard InChI is InChI=1S/C20H10Br4O10S2/c21-13-9(5-6-10(26)14(13)22)20(7-1-3-8(25)4-2-7)12-11(19(27)34-20)17(35(28,29)30)18(36(31,32)33)16(24)15(12)23/h1-6,25-26H,(H,28,29,30)(H,31,32,33). The Balaban J connectivity index is 2.33. The number of esters is 1. The highest BCUT2D eigenvalue weighted by Crippen LogP contribution is 2.57. The van der Waals surface area contributed by atoms with Gasteiger partial charge < -0.3 is 14.9 Å². The van der Waals surface area contributed by atoms with Crippen LogP contribution in [0, 0.1) is 0 Å². The van der Waals surface area contributed by atoms with Crippen molar-refractivity contribution in [2.75, 3.05) is 0 Å². The summed E-state index contributed by atoms with van der Waals surface area (Å²) in [4.78, 5) is 10.7. The maximum Gasteiger partial charge on any atom is 0.341 e. The molecule has 1 aliphatic heterocycles. The average molecular weight is 794 g/mol. The lowest BCUT2D eigenvalue weighted by Crippen LogP contribution is -2.30. The monoisotopic (exact) mass is 790 g/mol. The normalized spacial score (nSPS) is 17.7. The molecular formula is C20H10Br4O10S2. The molecule has 16 heteroatoms. The fourth-order valence-electron chi connectivity index (χ4n) is 3.94. The molecule has 3 aromatic carbocycles. The van der Waals surface area contributed by atoms with Crippen LogP contribution in [0.1, 0.15) is 27.0 Å². The van der Waals surface area contributed by atoms with Crippen molar-refractivity contribution in [3.8, 4) is 11.5 Å². The first-order valence-electron chi connectivity index (χ1n) is 9.24. The van der Waals surface area contributed by atoms with E-state index in [1.165, 1.54) is 36.4 Å². The third kappa shape index (κ3) is 4.11. The van der Waals surface area contributed by atoms with Crippen molar-refractivity contribution in [2.45, 2.75) is 15.4 Å². The van der Waals surface area contributed by atoms with Gasteiger partial charge in [-0.2, -0.15) is 16.8 Å². The van der Waals surface area contributed by atoms with Crippen molar-refractivity contribution in [3.63, 3.8) is 0 Å². The van der Waals surface area contributed by atoms with Gasteiger partial charge in [0.05, 0.1) is 14.5 Å². The van der Waals surface area contributed by atoms with E-state index >= 15 is 0 Å². The number of rotatable bonds is 4. The zero-order valence-electron chi connectivity index (χ0n) is 17.0. The molecule has 0 spiro atoms. The first-order chi connectivity index (χ1) is 16.5. The molecule has 0 aromatic heterocycles. The van der Waals surface area contributed by atoms with Gasteiger partial charge >= 0.3 is 5.97 Å². The molecule has 1 aliphatic rings. The number of halogens is 4. The molecule has 0 aliphatic carbocycles. The van der Waals surface area contributed by atoms with E-state index in [0.717, 1.165) is 0 Å². The molecule has 0 bridgehead atoms. The van der Waals surface area contributed by atoms with Crippen LogP contribution in [0.15, 0.2) is 64.1 Å². The van der Waals surface area contributed by atoms with Crippen LogP contribution in [-0.2, 0) is 30.6 Å². The fourth-order valence-corrected chi connectivity index (χ4v) is 8.93. The molecule has 4 N–H and O–H groups in total. The van der Waals surface area contributed by atoms with Crippen LogP contribution in [0.4, 0.5) is 0 Å². The van der Waals surface area contributed by atoms with E-state index in [0.29, 0.717) is 0 Å². The molecule has 1 heterocycles. The Kier molecular flexibility index (Phi) is 6.91. The Morgan fingerprint density at radius 2 is 1.28 bits per heavy atom. The van der Waals surface area contributed by atoms with E-state index in [9.17, 15) is 40.9 Å². The zero-order chi connectivity index (χ0) is 27.0. The highest BCUT2D eigenvalue weighted by Gasteiger charge is 2.55. The highest BCUT2D eigenvalue weighted by atomic mass is 79.9. The van der Waals surface area contributed by atoms with Crippen molar-refractivity contribution >= 4 is 89.9 Å². The molecule has 3 aromatic rings. The largest absolute Gasteiger partial charge is 0.508 e. The number of fused-ring (bicyclic) bond motifs is 1. The Labute approximate surface area is 237 Å². The molecular weight excluding hydrogens is 784 g/mol. The number of cyclic esters (lactones) is 1. The second kappa shape index (κ2) is 9.04. The fraction of sp³-hybridized carbons (Fsp3) is 0.0500. The smallest absolute Gasteiger partial charge is 0.341 e. The van der Waals surface area contributed by atoms with E-state index in [1.807, 2.05) is 0 Å². The second-order valence-electron chi connectivity index (χ2n) is 7.36. The molecule has 1 atom stereocenters. The summed E-state index contributed by atoms with van der Waals surface area (Å²) in [6, 6.07) is 7.90. The third-order valence-electron chi connectivity index (χ3n) is 5.33. The first kappa shape index (κ1) is 27.5. The van der Waals surface area contributed by atoms with Crippen molar-refractivity contribution in [2.24, 2.45) is 0 Å².